The topological polar surface area (TPSA) is 106 Å². The molecule has 8 nitrogen and oxygen atoms in total. The Morgan fingerprint density at radius 3 is 2.12 bits per heavy atom. The van der Waals surface area contributed by atoms with Crippen LogP contribution in [-0.2, 0) is 9.59 Å². The van der Waals surface area contributed by atoms with Gasteiger partial charge in [-0.25, -0.2) is 0 Å². The van der Waals surface area contributed by atoms with Crippen molar-refractivity contribution in [3.05, 3.63) is 154 Å². The zero-order valence-electron chi connectivity index (χ0n) is 26.1. The van der Waals surface area contributed by atoms with Gasteiger partial charge in [-0.15, -0.1) is 11.8 Å². The second kappa shape index (κ2) is 16.5. The Labute approximate surface area is 291 Å². The number of thioether (sulfide) groups is 1. The molecule has 0 aliphatic carbocycles. The number of anilines is 2. The van der Waals surface area contributed by atoms with Crippen LogP contribution >= 0.6 is 27.7 Å². The fraction of sp³-hybridized carbons (Fsp3) is 0.0789. The van der Waals surface area contributed by atoms with Crippen molar-refractivity contribution in [3.8, 4) is 11.5 Å². The molecule has 0 heterocycles. The van der Waals surface area contributed by atoms with Gasteiger partial charge in [0, 0.05) is 31.9 Å². The van der Waals surface area contributed by atoms with E-state index in [1.165, 1.54) is 32.1 Å². The van der Waals surface area contributed by atoms with Gasteiger partial charge < -0.3 is 25.4 Å². The lowest BCUT2D eigenvalue weighted by atomic mass is 10.1. The first-order valence-corrected chi connectivity index (χ1v) is 16.5. The number of nitrogens with one attached hydrogen (secondary N) is 3. The molecule has 0 aliphatic heterocycles. The Morgan fingerprint density at radius 2 is 1.44 bits per heavy atom. The van der Waals surface area contributed by atoms with Crippen LogP contribution in [0.25, 0.3) is 6.08 Å². The molecule has 48 heavy (non-hydrogen) atoms. The summed E-state index contributed by atoms with van der Waals surface area (Å²) in [6.45, 7) is 0. The molecule has 10 heteroatoms. The Balaban J connectivity index is 1.41. The van der Waals surface area contributed by atoms with E-state index in [0.717, 1.165) is 14.9 Å². The van der Waals surface area contributed by atoms with Crippen molar-refractivity contribution in [3.63, 3.8) is 0 Å². The van der Waals surface area contributed by atoms with E-state index >= 15 is 0 Å². The molecule has 0 saturated carbocycles. The number of methoxy groups -OCH3 is 2. The molecule has 0 spiro atoms. The zero-order valence-corrected chi connectivity index (χ0v) is 28.5. The fourth-order valence-electron chi connectivity index (χ4n) is 4.67. The third kappa shape index (κ3) is 9.15. The largest absolute Gasteiger partial charge is 0.497 e. The highest BCUT2D eigenvalue weighted by Gasteiger charge is 2.23. The number of hydrogen-bond donors (Lipinski definition) is 3. The van der Waals surface area contributed by atoms with Gasteiger partial charge in [0.05, 0.1) is 14.2 Å². The van der Waals surface area contributed by atoms with Gasteiger partial charge in [0.1, 0.15) is 22.4 Å². The van der Waals surface area contributed by atoms with Crippen LogP contribution in [0.5, 0.6) is 11.5 Å². The Bertz CT molecular complexity index is 1920. The van der Waals surface area contributed by atoms with Gasteiger partial charge in [-0.2, -0.15) is 0 Å². The summed E-state index contributed by atoms with van der Waals surface area (Å²) >= 11 is 4.78. The molecule has 0 radical (unpaired) electrons. The molecular weight excluding hydrogens is 690 g/mol. The highest BCUT2D eigenvalue weighted by Crippen LogP contribution is 2.37. The van der Waals surface area contributed by atoms with Gasteiger partial charge in [-0.1, -0.05) is 70.5 Å². The molecule has 0 aromatic heterocycles. The predicted molar refractivity (Wildman–Crippen MR) is 194 cm³/mol. The molecule has 0 bridgehead atoms. The van der Waals surface area contributed by atoms with Crippen molar-refractivity contribution in [1.82, 2.24) is 5.32 Å². The van der Waals surface area contributed by atoms with Gasteiger partial charge in [-0.05, 0) is 84.4 Å². The van der Waals surface area contributed by atoms with Crippen LogP contribution in [0.2, 0.25) is 0 Å². The number of rotatable bonds is 12. The van der Waals surface area contributed by atoms with E-state index in [-0.39, 0.29) is 11.6 Å². The quantitative estimate of drug-likeness (QED) is 0.0884. The Morgan fingerprint density at radius 1 is 0.729 bits per heavy atom. The van der Waals surface area contributed by atoms with Crippen molar-refractivity contribution >= 4 is 62.9 Å². The zero-order chi connectivity index (χ0) is 33.9. The number of benzene rings is 5. The van der Waals surface area contributed by atoms with E-state index in [9.17, 15) is 14.4 Å². The van der Waals surface area contributed by atoms with Crippen molar-refractivity contribution in [2.75, 3.05) is 24.9 Å². The van der Waals surface area contributed by atoms with Crippen LogP contribution in [0.1, 0.15) is 26.7 Å². The lowest BCUT2D eigenvalue weighted by molar-refractivity contribution is -0.116. The van der Waals surface area contributed by atoms with Crippen LogP contribution in [0.4, 0.5) is 11.4 Å². The monoisotopic (exact) mass is 721 g/mol. The molecule has 0 saturated heterocycles. The minimum absolute atomic E-state index is 0.00972. The number of ether oxygens (including phenoxy) is 2. The number of amides is 3. The summed E-state index contributed by atoms with van der Waals surface area (Å²) in [7, 11) is 3.06. The number of hydrogen-bond acceptors (Lipinski definition) is 6. The predicted octanol–water partition coefficient (Wildman–Crippen LogP) is 8.35. The normalized spacial score (nSPS) is 11.6. The van der Waals surface area contributed by atoms with Gasteiger partial charge in [0.2, 0.25) is 5.91 Å². The number of carbonyl (C=O) groups is 3. The standard InChI is InChI=1S/C38H32BrN3O5S/c1-46-31-20-21-34(47-2)27(22-31)23-33(42-36(43)26-12-7-4-8-13-26)37(44)41-30-14-9-15-32(24-30)48-35(25-10-5-3-6-11-25)38(45)40-29-18-16-28(39)17-19-29/h3-24,35H,1-2H3,(H,40,45)(H,41,44)(H,42,43)/b33-23+. The molecule has 3 N–H and O–H groups in total. The highest BCUT2D eigenvalue weighted by molar-refractivity contribution is 9.10. The van der Waals surface area contributed by atoms with E-state index in [1.807, 2.05) is 60.7 Å². The minimum Gasteiger partial charge on any atom is -0.497 e. The lowest BCUT2D eigenvalue weighted by Gasteiger charge is -2.18. The van der Waals surface area contributed by atoms with E-state index in [4.69, 9.17) is 9.47 Å². The smallest absolute Gasteiger partial charge is 0.272 e. The Kier molecular flexibility index (Phi) is 11.7. The van der Waals surface area contributed by atoms with Gasteiger partial charge in [0.25, 0.3) is 11.8 Å². The number of carbonyl (C=O) groups excluding carboxylic acids is 3. The van der Waals surface area contributed by atoms with E-state index in [2.05, 4.69) is 31.9 Å². The summed E-state index contributed by atoms with van der Waals surface area (Å²) in [5, 5.41) is 8.08. The first kappa shape index (κ1) is 34.0. The van der Waals surface area contributed by atoms with Crippen molar-refractivity contribution in [2.45, 2.75) is 10.1 Å². The number of halogens is 1. The summed E-state index contributed by atoms with van der Waals surface area (Å²) in [5.74, 6) is -0.159. The molecule has 5 aromatic carbocycles. The van der Waals surface area contributed by atoms with E-state index in [1.54, 1.807) is 66.7 Å². The van der Waals surface area contributed by atoms with Crippen LogP contribution in [0.15, 0.2) is 142 Å². The molecule has 1 unspecified atom stereocenters. The fourth-order valence-corrected chi connectivity index (χ4v) is 6.02. The first-order valence-electron chi connectivity index (χ1n) is 14.8. The van der Waals surface area contributed by atoms with Crippen molar-refractivity contribution in [1.29, 1.82) is 0 Å². The molecule has 242 valence electrons. The van der Waals surface area contributed by atoms with Crippen LogP contribution in [-0.4, -0.2) is 31.9 Å². The molecule has 0 aliphatic rings. The third-order valence-electron chi connectivity index (χ3n) is 7.06. The SMILES string of the molecule is COc1ccc(OC)c(/C=C(/NC(=O)c2ccccc2)C(=O)Nc2cccc(SC(C(=O)Nc3ccc(Br)cc3)c3ccccc3)c2)c1. The maximum atomic E-state index is 13.8. The average Bonchev–Trinajstić information content (AvgIpc) is 3.12. The van der Waals surface area contributed by atoms with Gasteiger partial charge in [0.15, 0.2) is 0 Å². The maximum Gasteiger partial charge on any atom is 0.272 e. The first-order chi connectivity index (χ1) is 23.3. The van der Waals surface area contributed by atoms with Crippen LogP contribution < -0.4 is 25.4 Å². The Hall–Kier alpha value is -5.32. The summed E-state index contributed by atoms with van der Waals surface area (Å²) < 4.78 is 11.8. The molecular formula is C38H32BrN3O5S. The minimum atomic E-state index is -0.582. The summed E-state index contributed by atoms with van der Waals surface area (Å²) in [6, 6.07) is 37.8. The second-order valence-corrected chi connectivity index (χ2v) is 12.5. The van der Waals surface area contributed by atoms with Gasteiger partial charge in [-0.3, -0.25) is 14.4 Å². The van der Waals surface area contributed by atoms with E-state index in [0.29, 0.717) is 34.0 Å². The van der Waals surface area contributed by atoms with Crippen molar-refractivity contribution in [2.24, 2.45) is 0 Å². The van der Waals surface area contributed by atoms with Crippen LogP contribution in [0.3, 0.4) is 0 Å². The second-order valence-electron chi connectivity index (χ2n) is 10.4. The lowest BCUT2D eigenvalue weighted by Crippen LogP contribution is -2.30. The van der Waals surface area contributed by atoms with E-state index < -0.39 is 17.1 Å². The third-order valence-corrected chi connectivity index (χ3v) is 8.84. The highest BCUT2D eigenvalue weighted by atomic mass is 79.9. The maximum absolute atomic E-state index is 13.8. The molecule has 3 amide bonds. The molecule has 0 fully saturated rings. The summed E-state index contributed by atoms with van der Waals surface area (Å²) in [5.41, 5.74) is 2.89. The molecule has 1 atom stereocenters. The van der Waals surface area contributed by atoms with Crippen molar-refractivity contribution < 1.29 is 23.9 Å². The summed E-state index contributed by atoms with van der Waals surface area (Å²) in [6.07, 6.45) is 1.54. The average molecular weight is 723 g/mol. The molecule has 5 rings (SSSR count). The molecule has 5 aromatic rings. The van der Waals surface area contributed by atoms with Crippen LogP contribution in [0, 0.1) is 0 Å². The summed E-state index contributed by atoms with van der Waals surface area (Å²) in [4.78, 5) is 41.3. The van der Waals surface area contributed by atoms with Gasteiger partial charge >= 0.3 is 0 Å².